The van der Waals surface area contributed by atoms with Crippen molar-refractivity contribution in [1.82, 2.24) is 4.90 Å². The van der Waals surface area contributed by atoms with Gasteiger partial charge in [0.1, 0.15) is 6.09 Å². The van der Waals surface area contributed by atoms with E-state index in [1.807, 2.05) is 30.3 Å². The van der Waals surface area contributed by atoms with Crippen LogP contribution in [0.5, 0.6) is 0 Å². The van der Waals surface area contributed by atoms with Crippen molar-refractivity contribution in [3.63, 3.8) is 0 Å². The first-order valence-electron chi connectivity index (χ1n) is 3.66. The van der Waals surface area contributed by atoms with Gasteiger partial charge in [-0.25, -0.2) is 0 Å². The van der Waals surface area contributed by atoms with Crippen LogP contribution >= 0.6 is 0 Å². The molecule has 1 aromatic carbocycles. The summed E-state index contributed by atoms with van der Waals surface area (Å²) in [6, 6.07) is 9.39. The molecule has 0 aliphatic heterocycles. The average Bonchev–Trinajstić information content (AvgIpc) is 2.06. The van der Waals surface area contributed by atoms with E-state index in [1.165, 1.54) is 7.05 Å². The van der Waals surface area contributed by atoms with Crippen molar-refractivity contribution in [2.75, 3.05) is 7.05 Å². The second kappa shape index (κ2) is 3.76. The van der Waals surface area contributed by atoms with Crippen LogP contribution in [0.2, 0.25) is 0 Å². The third-order valence-electron chi connectivity index (χ3n) is 1.57. The molecule has 0 aliphatic rings. The molecule has 0 unspecified atom stereocenters. The molecule has 3 heteroatoms. The van der Waals surface area contributed by atoms with E-state index in [4.69, 9.17) is 0 Å². The molecule has 0 radical (unpaired) electrons. The largest absolute Gasteiger partial charge is 0.530 e. The van der Waals surface area contributed by atoms with Crippen molar-refractivity contribution in [1.29, 1.82) is 0 Å². The summed E-state index contributed by atoms with van der Waals surface area (Å²) in [5.74, 6) is 0. The molecular weight excluding hydrogens is 154 g/mol. The van der Waals surface area contributed by atoms with Gasteiger partial charge in [-0.15, -0.1) is 0 Å². The Morgan fingerprint density at radius 3 is 2.50 bits per heavy atom. The fraction of sp³-hybridized carbons (Fsp3) is 0.222. The Hall–Kier alpha value is -1.51. The molecule has 1 rings (SSSR count). The standard InChI is InChI=1S/C9H11NO2/c1-10(9(11)12)7-8-5-3-2-4-6-8/h2-6H,7H2,1H3,(H,11,12)/p-1. The maximum absolute atomic E-state index is 10.3. The third kappa shape index (κ3) is 2.27. The first-order valence-corrected chi connectivity index (χ1v) is 3.66. The molecule has 1 amide bonds. The number of amides is 1. The molecule has 0 bridgehead atoms. The lowest BCUT2D eigenvalue weighted by atomic mass is 10.2. The summed E-state index contributed by atoms with van der Waals surface area (Å²) in [7, 11) is 1.49. The van der Waals surface area contributed by atoms with E-state index in [-0.39, 0.29) is 0 Å². The van der Waals surface area contributed by atoms with Crippen LogP contribution in [0, 0.1) is 0 Å². The maximum atomic E-state index is 10.3. The number of carbonyl (C=O) groups excluding carboxylic acids is 1. The molecule has 64 valence electrons. The summed E-state index contributed by atoms with van der Waals surface area (Å²) in [6.45, 7) is 0.378. The minimum absolute atomic E-state index is 0.378. The Morgan fingerprint density at radius 2 is 2.00 bits per heavy atom. The molecule has 1 aromatic rings. The van der Waals surface area contributed by atoms with Gasteiger partial charge in [0.2, 0.25) is 0 Å². The second-order valence-corrected chi connectivity index (χ2v) is 2.61. The number of carboxylic acid groups (broad SMARTS) is 1. The minimum Gasteiger partial charge on any atom is -0.530 e. The third-order valence-corrected chi connectivity index (χ3v) is 1.57. The van der Waals surface area contributed by atoms with Crippen LogP contribution in [-0.2, 0) is 6.54 Å². The van der Waals surface area contributed by atoms with E-state index < -0.39 is 6.09 Å². The molecular formula is C9H10NO2-. The molecule has 0 atom stereocenters. The molecule has 0 N–H and O–H groups in total. The number of rotatable bonds is 2. The molecule has 0 spiro atoms. The summed E-state index contributed by atoms with van der Waals surface area (Å²) in [5.41, 5.74) is 0.962. The van der Waals surface area contributed by atoms with E-state index in [2.05, 4.69) is 0 Å². The normalized spacial score (nSPS) is 9.42. The molecule has 0 heterocycles. The summed E-state index contributed by atoms with van der Waals surface area (Å²) in [5, 5.41) is 10.3. The Kier molecular flexibility index (Phi) is 2.69. The van der Waals surface area contributed by atoms with Crippen molar-refractivity contribution in [2.24, 2.45) is 0 Å². The number of carbonyl (C=O) groups is 1. The van der Waals surface area contributed by atoms with Crippen LogP contribution in [0.25, 0.3) is 0 Å². The summed E-state index contributed by atoms with van der Waals surface area (Å²) >= 11 is 0. The van der Waals surface area contributed by atoms with Gasteiger partial charge in [-0.1, -0.05) is 30.3 Å². The lowest BCUT2D eigenvalue weighted by molar-refractivity contribution is -0.264. The highest BCUT2D eigenvalue weighted by molar-refractivity contribution is 5.61. The minimum atomic E-state index is -1.15. The molecule has 0 saturated heterocycles. The zero-order valence-corrected chi connectivity index (χ0v) is 6.86. The van der Waals surface area contributed by atoms with E-state index >= 15 is 0 Å². The Labute approximate surface area is 71.2 Å². The molecule has 12 heavy (non-hydrogen) atoms. The lowest BCUT2D eigenvalue weighted by Gasteiger charge is -2.19. The zero-order chi connectivity index (χ0) is 8.97. The Morgan fingerprint density at radius 1 is 1.42 bits per heavy atom. The predicted molar refractivity (Wildman–Crippen MR) is 43.3 cm³/mol. The van der Waals surface area contributed by atoms with E-state index in [0.717, 1.165) is 10.5 Å². The van der Waals surface area contributed by atoms with Crippen molar-refractivity contribution in [2.45, 2.75) is 6.54 Å². The van der Waals surface area contributed by atoms with Crippen molar-refractivity contribution in [3.05, 3.63) is 35.9 Å². The van der Waals surface area contributed by atoms with Crippen molar-refractivity contribution in [3.8, 4) is 0 Å². The Bertz CT molecular complexity index is 258. The number of benzene rings is 1. The smallest absolute Gasteiger partial charge is 0.136 e. The van der Waals surface area contributed by atoms with Gasteiger partial charge in [0, 0.05) is 13.6 Å². The highest BCUT2D eigenvalue weighted by atomic mass is 16.4. The number of hydrogen-bond donors (Lipinski definition) is 0. The van der Waals surface area contributed by atoms with Gasteiger partial charge in [0.15, 0.2) is 0 Å². The SMILES string of the molecule is CN(Cc1ccccc1)C(=O)[O-]. The number of hydrogen-bond acceptors (Lipinski definition) is 2. The van der Waals surface area contributed by atoms with Gasteiger partial charge in [-0.2, -0.15) is 0 Å². The molecule has 0 fully saturated rings. The fourth-order valence-corrected chi connectivity index (χ4v) is 0.922. The molecule has 3 nitrogen and oxygen atoms in total. The maximum Gasteiger partial charge on any atom is 0.136 e. The van der Waals surface area contributed by atoms with Crippen LogP contribution in [-0.4, -0.2) is 18.0 Å². The van der Waals surface area contributed by atoms with Gasteiger partial charge in [-0.05, 0) is 5.56 Å². The predicted octanol–water partition coefficient (Wildman–Crippen LogP) is 0.462. The van der Waals surface area contributed by atoms with Gasteiger partial charge < -0.3 is 14.8 Å². The number of nitrogens with zero attached hydrogens (tertiary/aromatic N) is 1. The van der Waals surface area contributed by atoms with Crippen LogP contribution in [0.3, 0.4) is 0 Å². The van der Waals surface area contributed by atoms with Gasteiger partial charge in [-0.3, -0.25) is 0 Å². The lowest BCUT2D eigenvalue weighted by Crippen LogP contribution is -2.37. The fourth-order valence-electron chi connectivity index (χ4n) is 0.922. The second-order valence-electron chi connectivity index (χ2n) is 2.61. The highest BCUT2D eigenvalue weighted by Gasteiger charge is 1.96. The van der Waals surface area contributed by atoms with E-state index in [1.54, 1.807) is 0 Å². The van der Waals surface area contributed by atoms with Crippen molar-refractivity contribution < 1.29 is 9.90 Å². The zero-order valence-electron chi connectivity index (χ0n) is 6.86. The Balaban J connectivity index is 2.58. The van der Waals surface area contributed by atoms with E-state index in [0.29, 0.717) is 6.54 Å². The van der Waals surface area contributed by atoms with Crippen molar-refractivity contribution >= 4 is 6.09 Å². The molecule has 0 aliphatic carbocycles. The van der Waals surface area contributed by atoms with E-state index in [9.17, 15) is 9.90 Å². The molecule has 0 aromatic heterocycles. The first-order chi connectivity index (χ1) is 5.70. The average molecular weight is 164 g/mol. The topological polar surface area (TPSA) is 43.4 Å². The van der Waals surface area contributed by atoms with Crippen LogP contribution in [0.4, 0.5) is 4.79 Å². The van der Waals surface area contributed by atoms with Gasteiger partial charge in [0.25, 0.3) is 0 Å². The van der Waals surface area contributed by atoms with Gasteiger partial charge >= 0.3 is 0 Å². The summed E-state index contributed by atoms with van der Waals surface area (Å²) < 4.78 is 0. The summed E-state index contributed by atoms with van der Waals surface area (Å²) in [4.78, 5) is 11.5. The molecule has 0 saturated carbocycles. The first kappa shape index (κ1) is 8.59. The van der Waals surface area contributed by atoms with Crippen LogP contribution in [0.1, 0.15) is 5.56 Å². The van der Waals surface area contributed by atoms with Crippen LogP contribution in [0.15, 0.2) is 30.3 Å². The van der Waals surface area contributed by atoms with Crippen LogP contribution < -0.4 is 5.11 Å². The quantitative estimate of drug-likeness (QED) is 0.637. The monoisotopic (exact) mass is 164 g/mol. The summed E-state index contributed by atoms with van der Waals surface area (Å²) in [6.07, 6.45) is -1.15. The highest BCUT2D eigenvalue weighted by Crippen LogP contribution is 2.01. The van der Waals surface area contributed by atoms with Gasteiger partial charge in [0.05, 0.1) is 0 Å².